The molecule has 0 saturated carbocycles. The van der Waals surface area contributed by atoms with Crippen LogP contribution >= 0.6 is 15.9 Å². The Balaban J connectivity index is 2.55. The lowest BCUT2D eigenvalue weighted by Crippen LogP contribution is -2.04. The fourth-order valence-corrected chi connectivity index (χ4v) is 2.43. The molecule has 0 bridgehead atoms. The highest BCUT2D eigenvalue weighted by Crippen LogP contribution is 2.30. The van der Waals surface area contributed by atoms with Crippen molar-refractivity contribution < 1.29 is 9.13 Å². The number of nitrogens with zero attached hydrogens (tertiary/aromatic N) is 2. The van der Waals surface area contributed by atoms with Crippen LogP contribution in [0.1, 0.15) is 25.5 Å². The molecule has 0 amide bonds. The lowest BCUT2D eigenvalue weighted by molar-refractivity contribution is 0.386. The number of halogens is 2. The Morgan fingerprint density at radius 1 is 1.30 bits per heavy atom. The number of aromatic nitrogens is 2. The van der Waals surface area contributed by atoms with Crippen LogP contribution in [-0.4, -0.2) is 17.1 Å². The van der Waals surface area contributed by atoms with Crippen molar-refractivity contribution in [2.45, 2.75) is 19.8 Å². The molecular formula is C14H15BrFN3O. The van der Waals surface area contributed by atoms with E-state index in [1.165, 1.54) is 13.2 Å². The maximum absolute atomic E-state index is 13.8. The number of ether oxygens (including phenoxy) is 1. The van der Waals surface area contributed by atoms with Crippen LogP contribution in [0.4, 0.5) is 10.2 Å². The maximum Gasteiger partial charge on any atom is 0.165 e. The maximum atomic E-state index is 13.8. The average molecular weight is 340 g/mol. The van der Waals surface area contributed by atoms with E-state index in [-0.39, 0.29) is 11.7 Å². The summed E-state index contributed by atoms with van der Waals surface area (Å²) in [5.41, 5.74) is 7.23. The van der Waals surface area contributed by atoms with Gasteiger partial charge in [-0.1, -0.05) is 13.8 Å². The Morgan fingerprint density at radius 2 is 2.00 bits per heavy atom. The topological polar surface area (TPSA) is 61.0 Å². The van der Waals surface area contributed by atoms with Crippen LogP contribution in [0.15, 0.2) is 22.7 Å². The summed E-state index contributed by atoms with van der Waals surface area (Å²) in [6, 6.07) is 4.58. The van der Waals surface area contributed by atoms with Gasteiger partial charge in [0.05, 0.1) is 17.3 Å². The highest BCUT2D eigenvalue weighted by Gasteiger charge is 2.15. The van der Waals surface area contributed by atoms with Gasteiger partial charge in [-0.2, -0.15) is 0 Å². The highest BCUT2D eigenvalue weighted by atomic mass is 79.9. The normalized spacial score (nSPS) is 10.9. The highest BCUT2D eigenvalue weighted by molar-refractivity contribution is 9.10. The molecule has 2 rings (SSSR count). The molecule has 2 aromatic rings. The van der Waals surface area contributed by atoms with Gasteiger partial charge < -0.3 is 10.5 Å². The molecule has 2 N–H and O–H groups in total. The van der Waals surface area contributed by atoms with Crippen molar-refractivity contribution in [3.05, 3.63) is 34.2 Å². The number of anilines is 1. The van der Waals surface area contributed by atoms with Crippen molar-refractivity contribution in [3.63, 3.8) is 0 Å². The molecule has 6 heteroatoms. The molecule has 1 heterocycles. The van der Waals surface area contributed by atoms with Crippen LogP contribution in [0.2, 0.25) is 0 Å². The summed E-state index contributed by atoms with van der Waals surface area (Å²) in [5, 5.41) is 0. The molecule has 106 valence electrons. The SMILES string of the molecule is COc1ccc(-c2nc(N)c(Br)c(C(C)C)n2)cc1F. The van der Waals surface area contributed by atoms with Gasteiger partial charge in [-0.3, -0.25) is 0 Å². The largest absolute Gasteiger partial charge is 0.494 e. The van der Waals surface area contributed by atoms with Crippen molar-refractivity contribution in [2.24, 2.45) is 0 Å². The van der Waals surface area contributed by atoms with Crippen molar-refractivity contribution in [3.8, 4) is 17.1 Å². The van der Waals surface area contributed by atoms with E-state index in [1.54, 1.807) is 12.1 Å². The predicted molar refractivity (Wildman–Crippen MR) is 80.2 cm³/mol. The molecule has 1 aromatic heterocycles. The van der Waals surface area contributed by atoms with Crippen LogP contribution in [0.3, 0.4) is 0 Å². The number of nitrogen functional groups attached to an aromatic ring is 1. The Bertz CT molecular complexity index is 647. The molecule has 0 atom stereocenters. The van der Waals surface area contributed by atoms with E-state index in [0.29, 0.717) is 21.7 Å². The Kier molecular flexibility index (Phi) is 4.23. The third-order valence-corrected chi connectivity index (χ3v) is 3.67. The van der Waals surface area contributed by atoms with Gasteiger partial charge in [0, 0.05) is 5.56 Å². The van der Waals surface area contributed by atoms with Gasteiger partial charge >= 0.3 is 0 Å². The number of methoxy groups -OCH3 is 1. The minimum absolute atomic E-state index is 0.177. The fraction of sp³-hybridized carbons (Fsp3) is 0.286. The standard InChI is InChI=1S/C14H15BrFN3O/c1-7(2)12-11(15)13(17)19-14(18-12)8-4-5-10(20-3)9(16)6-8/h4-7H,1-3H3,(H2,17,18,19). The lowest BCUT2D eigenvalue weighted by atomic mass is 10.1. The number of hydrogen-bond acceptors (Lipinski definition) is 4. The number of benzene rings is 1. The molecule has 0 aliphatic rings. The van der Waals surface area contributed by atoms with E-state index in [2.05, 4.69) is 25.9 Å². The predicted octanol–water partition coefficient (Wildman–Crippen LogP) is 3.76. The molecule has 0 fully saturated rings. The van der Waals surface area contributed by atoms with Crippen molar-refractivity contribution >= 4 is 21.7 Å². The van der Waals surface area contributed by atoms with Crippen LogP contribution in [0.25, 0.3) is 11.4 Å². The fourth-order valence-electron chi connectivity index (χ4n) is 1.80. The van der Waals surface area contributed by atoms with Crippen LogP contribution in [-0.2, 0) is 0 Å². The first-order valence-corrected chi connectivity index (χ1v) is 6.90. The van der Waals surface area contributed by atoms with Gasteiger partial charge in [0.15, 0.2) is 17.4 Å². The van der Waals surface area contributed by atoms with Gasteiger partial charge in [-0.25, -0.2) is 14.4 Å². The van der Waals surface area contributed by atoms with Crippen LogP contribution in [0, 0.1) is 5.82 Å². The van der Waals surface area contributed by atoms with Crippen molar-refractivity contribution in [2.75, 3.05) is 12.8 Å². The summed E-state index contributed by atoms with van der Waals surface area (Å²) in [7, 11) is 1.42. The van der Waals surface area contributed by atoms with Crippen LogP contribution < -0.4 is 10.5 Å². The lowest BCUT2D eigenvalue weighted by Gasteiger charge is -2.12. The summed E-state index contributed by atoms with van der Waals surface area (Å²) in [6.45, 7) is 4.01. The average Bonchev–Trinajstić information content (AvgIpc) is 2.41. The summed E-state index contributed by atoms with van der Waals surface area (Å²) in [6.07, 6.45) is 0. The van der Waals surface area contributed by atoms with Gasteiger partial charge in [0.1, 0.15) is 5.82 Å². The molecular weight excluding hydrogens is 325 g/mol. The zero-order valence-electron chi connectivity index (χ0n) is 11.4. The smallest absolute Gasteiger partial charge is 0.165 e. The third kappa shape index (κ3) is 2.75. The monoisotopic (exact) mass is 339 g/mol. The minimum atomic E-state index is -0.457. The molecule has 1 aromatic carbocycles. The van der Waals surface area contributed by atoms with E-state index in [9.17, 15) is 4.39 Å². The number of nitrogens with two attached hydrogens (primary N) is 1. The molecule has 0 spiro atoms. The van der Waals surface area contributed by atoms with E-state index < -0.39 is 5.82 Å². The van der Waals surface area contributed by atoms with Gasteiger partial charge in [0.25, 0.3) is 0 Å². The first kappa shape index (κ1) is 14.7. The van der Waals surface area contributed by atoms with E-state index in [0.717, 1.165) is 5.69 Å². The molecule has 0 saturated heterocycles. The quantitative estimate of drug-likeness (QED) is 0.924. The van der Waals surface area contributed by atoms with E-state index in [1.807, 2.05) is 13.8 Å². The summed E-state index contributed by atoms with van der Waals surface area (Å²) in [4.78, 5) is 8.65. The second-order valence-corrected chi connectivity index (χ2v) is 5.43. The Labute approximate surface area is 125 Å². The summed E-state index contributed by atoms with van der Waals surface area (Å²) >= 11 is 3.38. The second-order valence-electron chi connectivity index (χ2n) is 4.64. The van der Waals surface area contributed by atoms with Gasteiger partial charge in [-0.05, 0) is 40.0 Å². The molecule has 0 aliphatic heterocycles. The van der Waals surface area contributed by atoms with E-state index in [4.69, 9.17) is 10.5 Å². The zero-order chi connectivity index (χ0) is 14.9. The van der Waals surface area contributed by atoms with Gasteiger partial charge in [-0.15, -0.1) is 0 Å². The Morgan fingerprint density at radius 3 is 2.55 bits per heavy atom. The van der Waals surface area contributed by atoms with E-state index >= 15 is 0 Å². The number of rotatable bonds is 3. The van der Waals surface area contributed by atoms with Gasteiger partial charge in [0.2, 0.25) is 0 Å². The van der Waals surface area contributed by atoms with Crippen molar-refractivity contribution in [1.82, 2.24) is 9.97 Å². The van der Waals surface area contributed by atoms with Crippen molar-refractivity contribution in [1.29, 1.82) is 0 Å². The van der Waals surface area contributed by atoms with Crippen LogP contribution in [0.5, 0.6) is 5.75 Å². The molecule has 0 radical (unpaired) electrons. The molecule has 0 unspecified atom stereocenters. The zero-order valence-corrected chi connectivity index (χ0v) is 13.0. The Hall–Kier alpha value is -1.69. The summed E-state index contributed by atoms with van der Waals surface area (Å²) < 4.78 is 19.3. The molecule has 0 aliphatic carbocycles. The third-order valence-electron chi connectivity index (χ3n) is 2.86. The molecule has 4 nitrogen and oxygen atoms in total. The first-order chi connectivity index (χ1) is 9.43. The number of hydrogen-bond donors (Lipinski definition) is 1. The summed E-state index contributed by atoms with van der Waals surface area (Å²) in [5.74, 6) is 0.645. The second kappa shape index (κ2) is 5.75. The first-order valence-electron chi connectivity index (χ1n) is 6.10. The minimum Gasteiger partial charge on any atom is -0.494 e. The molecule has 20 heavy (non-hydrogen) atoms.